The summed E-state index contributed by atoms with van der Waals surface area (Å²) in [7, 11) is 0. The minimum atomic E-state index is 0.0723. The van der Waals surface area contributed by atoms with Crippen molar-refractivity contribution in [3.05, 3.63) is 47.5 Å². The van der Waals surface area contributed by atoms with E-state index >= 15 is 0 Å². The lowest BCUT2D eigenvalue weighted by Gasteiger charge is -2.31. The molecule has 0 saturated carbocycles. The molecule has 1 amide bonds. The van der Waals surface area contributed by atoms with E-state index in [0.717, 1.165) is 51.0 Å². The number of carbonyl (C=O) groups is 1. The minimum absolute atomic E-state index is 0.0723. The number of nitrogens with zero attached hydrogens (tertiary/aromatic N) is 4. The normalized spacial score (nSPS) is 15.7. The van der Waals surface area contributed by atoms with E-state index in [-0.39, 0.29) is 5.91 Å². The predicted octanol–water partition coefficient (Wildman–Crippen LogP) is 3.09. The SMILES string of the molecule is CCCn1ccc(C(=O)N2CCC(Cc3ccnc(C)c3)CC2)n1. The molecule has 1 aliphatic rings. The number of likely N-dealkylation sites (tertiary alicyclic amines) is 1. The summed E-state index contributed by atoms with van der Waals surface area (Å²) in [4.78, 5) is 18.8. The Hall–Kier alpha value is -2.17. The number of hydrogen-bond donors (Lipinski definition) is 0. The van der Waals surface area contributed by atoms with Crippen molar-refractivity contribution in [3.8, 4) is 0 Å². The largest absolute Gasteiger partial charge is 0.337 e. The summed E-state index contributed by atoms with van der Waals surface area (Å²) >= 11 is 0. The molecule has 5 nitrogen and oxygen atoms in total. The summed E-state index contributed by atoms with van der Waals surface area (Å²) in [6, 6.07) is 6.10. The van der Waals surface area contributed by atoms with E-state index in [4.69, 9.17) is 0 Å². The molecule has 3 heterocycles. The number of carbonyl (C=O) groups excluding carboxylic acids is 1. The molecule has 5 heteroatoms. The maximum atomic E-state index is 12.6. The van der Waals surface area contributed by atoms with E-state index in [1.165, 1.54) is 5.56 Å². The van der Waals surface area contributed by atoms with Gasteiger partial charge in [-0.25, -0.2) is 0 Å². The molecule has 0 spiro atoms. The zero-order chi connectivity index (χ0) is 16.9. The zero-order valence-corrected chi connectivity index (χ0v) is 14.6. The van der Waals surface area contributed by atoms with Gasteiger partial charge in [-0.1, -0.05) is 6.92 Å². The number of aromatic nitrogens is 3. The van der Waals surface area contributed by atoms with Crippen LogP contribution in [-0.2, 0) is 13.0 Å². The third kappa shape index (κ3) is 4.02. The lowest BCUT2D eigenvalue weighted by atomic mass is 9.90. The third-order valence-corrected chi connectivity index (χ3v) is 4.70. The Morgan fingerprint density at radius 1 is 1.29 bits per heavy atom. The van der Waals surface area contributed by atoms with Crippen molar-refractivity contribution in [3.63, 3.8) is 0 Å². The Morgan fingerprint density at radius 3 is 2.79 bits per heavy atom. The van der Waals surface area contributed by atoms with E-state index in [1.807, 2.05) is 35.0 Å². The van der Waals surface area contributed by atoms with E-state index in [0.29, 0.717) is 11.6 Å². The number of hydrogen-bond acceptors (Lipinski definition) is 3. The Balaban J connectivity index is 1.53. The number of piperidine rings is 1. The van der Waals surface area contributed by atoms with Crippen LogP contribution in [0.3, 0.4) is 0 Å². The topological polar surface area (TPSA) is 51.0 Å². The molecule has 1 aliphatic heterocycles. The lowest BCUT2D eigenvalue weighted by Crippen LogP contribution is -2.39. The predicted molar refractivity (Wildman–Crippen MR) is 93.8 cm³/mol. The Bertz CT molecular complexity index is 686. The first kappa shape index (κ1) is 16.7. The fourth-order valence-corrected chi connectivity index (χ4v) is 3.40. The first-order valence-corrected chi connectivity index (χ1v) is 8.90. The average molecular weight is 326 g/mol. The summed E-state index contributed by atoms with van der Waals surface area (Å²) in [6.07, 6.45) is 8.00. The summed E-state index contributed by atoms with van der Waals surface area (Å²) in [5.74, 6) is 0.719. The smallest absolute Gasteiger partial charge is 0.274 e. The van der Waals surface area contributed by atoms with Gasteiger partial charge in [0, 0.05) is 37.7 Å². The van der Waals surface area contributed by atoms with Crippen LogP contribution in [0.5, 0.6) is 0 Å². The molecule has 2 aromatic rings. The van der Waals surface area contributed by atoms with Crippen LogP contribution in [0, 0.1) is 12.8 Å². The van der Waals surface area contributed by atoms with Crippen molar-refractivity contribution in [2.24, 2.45) is 5.92 Å². The molecule has 1 saturated heterocycles. The van der Waals surface area contributed by atoms with E-state index in [9.17, 15) is 4.79 Å². The van der Waals surface area contributed by atoms with Gasteiger partial charge in [-0.05, 0) is 62.3 Å². The van der Waals surface area contributed by atoms with Gasteiger partial charge in [0.15, 0.2) is 0 Å². The first-order chi connectivity index (χ1) is 11.7. The molecular weight excluding hydrogens is 300 g/mol. The van der Waals surface area contributed by atoms with Crippen LogP contribution < -0.4 is 0 Å². The van der Waals surface area contributed by atoms with Crippen LogP contribution >= 0.6 is 0 Å². The fourth-order valence-electron chi connectivity index (χ4n) is 3.40. The molecule has 128 valence electrons. The lowest BCUT2D eigenvalue weighted by molar-refractivity contribution is 0.0683. The number of amides is 1. The van der Waals surface area contributed by atoms with Gasteiger partial charge in [0.2, 0.25) is 0 Å². The second-order valence-electron chi connectivity index (χ2n) is 6.71. The number of rotatable bonds is 5. The van der Waals surface area contributed by atoms with Crippen LogP contribution in [0.25, 0.3) is 0 Å². The van der Waals surface area contributed by atoms with Gasteiger partial charge in [0.25, 0.3) is 5.91 Å². The molecule has 0 unspecified atom stereocenters. The summed E-state index contributed by atoms with van der Waals surface area (Å²) in [5, 5.41) is 4.39. The molecule has 2 aromatic heterocycles. The molecule has 0 aromatic carbocycles. The molecule has 0 bridgehead atoms. The molecule has 0 N–H and O–H groups in total. The number of pyridine rings is 1. The zero-order valence-electron chi connectivity index (χ0n) is 14.6. The minimum Gasteiger partial charge on any atom is -0.337 e. The van der Waals surface area contributed by atoms with Crippen LogP contribution in [0.1, 0.15) is 47.9 Å². The highest BCUT2D eigenvalue weighted by Crippen LogP contribution is 2.22. The van der Waals surface area contributed by atoms with Gasteiger partial charge < -0.3 is 4.90 Å². The highest BCUT2D eigenvalue weighted by molar-refractivity contribution is 5.92. The van der Waals surface area contributed by atoms with E-state index < -0.39 is 0 Å². The highest BCUT2D eigenvalue weighted by Gasteiger charge is 2.25. The molecule has 0 radical (unpaired) electrons. The van der Waals surface area contributed by atoms with Crippen molar-refractivity contribution in [2.75, 3.05) is 13.1 Å². The molecule has 3 rings (SSSR count). The maximum absolute atomic E-state index is 12.6. The van der Waals surface area contributed by atoms with Gasteiger partial charge in [-0.2, -0.15) is 5.10 Å². The third-order valence-electron chi connectivity index (χ3n) is 4.70. The standard InChI is InChI=1S/C19H26N4O/c1-3-9-23-12-7-18(21-23)19(24)22-10-5-16(6-11-22)14-17-4-8-20-15(2)13-17/h4,7-8,12-13,16H,3,5-6,9-11,14H2,1-2H3. The van der Waals surface area contributed by atoms with Crippen LogP contribution in [0.2, 0.25) is 0 Å². The van der Waals surface area contributed by atoms with Crippen LogP contribution in [0.4, 0.5) is 0 Å². The van der Waals surface area contributed by atoms with Crippen LogP contribution in [0.15, 0.2) is 30.6 Å². The Morgan fingerprint density at radius 2 is 2.08 bits per heavy atom. The molecular formula is C19H26N4O. The van der Waals surface area contributed by atoms with Crippen molar-refractivity contribution < 1.29 is 4.79 Å². The van der Waals surface area contributed by atoms with Crippen molar-refractivity contribution >= 4 is 5.91 Å². The van der Waals surface area contributed by atoms with Gasteiger partial charge in [0.05, 0.1) is 0 Å². The maximum Gasteiger partial charge on any atom is 0.274 e. The number of aryl methyl sites for hydroxylation is 2. The molecule has 1 fully saturated rings. The average Bonchev–Trinajstić information content (AvgIpc) is 3.04. The molecule has 0 atom stereocenters. The van der Waals surface area contributed by atoms with Gasteiger partial charge in [-0.3, -0.25) is 14.5 Å². The van der Waals surface area contributed by atoms with Crippen molar-refractivity contribution in [2.45, 2.75) is 46.1 Å². The second-order valence-corrected chi connectivity index (χ2v) is 6.71. The Labute approximate surface area is 143 Å². The van der Waals surface area contributed by atoms with Gasteiger partial charge in [0.1, 0.15) is 5.69 Å². The molecule has 24 heavy (non-hydrogen) atoms. The van der Waals surface area contributed by atoms with Gasteiger partial charge >= 0.3 is 0 Å². The Kier molecular flexibility index (Phi) is 5.28. The van der Waals surface area contributed by atoms with Crippen molar-refractivity contribution in [1.29, 1.82) is 0 Å². The second kappa shape index (κ2) is 7.60. The summed E-state index contributed by atoms with van der Waals surface area (Å²) < 4.78 is 1.85. The fraction of sp³-hybridized carbons (Fsp3) is 0.526. The summed E-state index contributed by atoms with van der Waals surface area (Å²) in [6.45, 7) is 6.66. The van der Waals surface area contributed by atoms with E-state index in [2.05, 4.69) is 29.1 Å². The summed E-state index contributed by atoms with van der Waals surface area (Å²) in [5.41, 5.74) is 3.00. The molecule has 0 aliphatic carbocycles. The van der Waals surface area contributed by atoms with E-state index in [1.54, 1.807) is 0 Å². The first-order valence-electron chi connectivity index (χ1n) is 8.90. The van der Waals surface area contributed by atoms with Gasteiger partial charge in [-0.15, -0.1) is 0 Å². The quantitative estimate of drug-likeness (QED) is 0.848. The monoisotopic (exact) mass is 326 g/mol. The van der Waals surface area contributed by atoms with Crippen LogP contribution in [-0.4, -0.2) is 38.7 Å². The highest BCUT2D eigenvalue weighted by atomic mass is 16.2. The van der Waals surface area contributed by atoms with Crippen molar-refractivity contribution in [1.82, 2.24) is 19.7 Å².